The minimum Gasteiger partial charge on any atom is -0.508 e. The standard InChI is InChI=1S/C16H11NO8/c1-8(18)10-4-11(16(21)22)6-12(5-10)25-14-3-2-9(15(19)20)7-13(14)17(23)24/h2-7,18H,1H2,(H,19,20)(H,21,22). The smallest absolute Gasteiger partial charge is 0.335 e. The maximum Gasteiger partial charge on any atom is 0.335 e. The molecule has 0 heterocycles. The van der Waals surface area contributed by atoms with Gasteiger partial charge in [-0.1, -0.05) is 6.58 Å². The third kappa shape index (κ3) is 3.91. The summed E-state index contributed by atoms with van der Waals surface area (Å²) in [5.74, 6) is -3.45. The van der Waals surface area contributed by atoms with Gasteiger partial charge in [0.2, 0.25) is 5.75 Å². The molecule has 0 unspecified atom stereocenters. The van der Waals surface area contributed by atoms with Gasteiger partial charge >= 0.3 is 17.6 Å². The second kappa shape index (κ2) is 6.71. The molecule has 0 fully saturated rings. The molecule has 2 aromatic carbocycles. The number of aliphatic hydroxyl groups excluding tert-OH is 1. The van der Waals surface area contributed by atoms with Crippen LogP contribution in [0.25, 0.3) is 5.76 Å². The summed E-state index contributed by atoms with van der Waals surface area (Å²) in [6.45, 7) is 3.28. The fraction of sp³-hybridized carbons (Fsp3) is 0. The van der Waals surface area contributed by atoms with Crippen LogP contribution in [-0.2, 0) is 0 Å². The van der Waals surface area contributed by atoms with E-state index in [2.05, 4.69) is 6.58 Å². The van der Waals surface area contributed by atoms with Crippen LogP contribution >= 0.6 is 0 Å². The molecule has 2 rings (SSSR count). The Hall–Kier alpha value is -3.88. The molecule has 0 aromatic heterocycles. The number of carbonyl (C=O) groups is 2. The highest BCUT2D eigenvalue weighted by Gasteiger charge is 2.20. The van der Waals surface area contributed by atoms with E-state index in [-0.39, 0.29) is 28.2 Å². The summed E-state index contributed by atoms with van der Waals surface area (Å²) >= 11 is 0. The topological polar surface area (TPSA) is 147 Å². The van der Waals surface area contributed by atoms with E-state index < -0.39 is 28.3 Å². The third-order valence-corrected chi connectivity index (χ3v) is 3.12. The van der Waals surface area contributed by atoms with E-state index in [1.807, 2.05) is 0 Å². The van der Waals surface area contributed by atoms with Gasteiger partial charge in [0.25, 0.3) is 0 Å². The summed E-state index contributed by atoms with van der Waals surface area (Å²) in [5.41, 5.74) is -1.08. The van der Waals surface area contributed by atoms with Crippen LogP contribution in [-0.4, -0.2) is 32.2 Å². The van der Waals surface area contributed by atoms with Crippen LogP contribution in [0, 0.1) is 10.1 Å². The Bertz CT molecular complexity index is 871. The van der Waals surface area contributed by atoms with Crippen LogP contribution < -0.4 is 4.74 Å². The first-order chi connectivity index (χ1) is 11.7. The summed E-state index contributed by atoms with van der Waals surface area (Å²) in [7, 11) is 0. The zero-order valence-corrected chi connectivity index (χ0v) is 12.5. The lowest BCUT2D eigenvalue weighted by Crippen LogP contribution is -2.01. The van der Waals surface area contributed by atoms with Gasteiger partial charge in [0, 0.05) is 11.6 Å². The number of carboxylic acids is 2. The SMILES string of the molecule is C=C(O)c1cc(Oc2ccc(C(=O)O)cc2[N+](=O)[O-])cc(C(=O)O)c1. The number of hydrogen-bond donors (Lipinski definition) is 3. The van der Waals surface area contributed by atoms with Gasteiger partial charge in [0.15, 0.2) is 0 Å². The first-order valence-corrected chi connectivity index (χ1v) is 6.65. The Morgan fingerprint density at radius 3 is 2.08 bits per heavy atom. The predicted molar refractivity (Wildman–Crippen MR) is 85.2 cm³/mol. The molecule has 0 saturated carbocycles. The molecule has 9 heteroatoms. The fourth-order valence-electron chi connectivity index (χ4n) is 1.95. The number of hydrogen-bond acceptors (Lipinski definition) is 6. The Morgan fingerprint density at radius 2 is 1.56 bits per heavy atom. The Morgan fingerprint density at radius 1 is 0.960 bits per heavy atom. The minimum absolute atomic E-state index is 0.0553. The monoisotopic (exact) mass is 345 g/mol. The van der Waals surface area contributed by atoms with Crippen molar-refractivity contribution >= 4 is 23.4 Å². The van der Waals surface area contributed by atoms with Crippen molar-refractivity contribution < 1.29 is 34.6 Å². The minimum atomic E-state index is -1.35. The van der Waals surface area contributed by atoms with Gasteiger partial charge in [-0.05, 0) is 30.3 Å². The average molecular weight is 345 g/mol. The molecule has 0 saturated heterocycles. The predicted octanol–water partition coefficient (Wildman–Crippen LogP) is 3.31. The van der Waals surface area contributed by atoms with Gasteiger partial charge in [0.1, 0.15) is 11.5 Å². The number of nitro groups is 1. The Balaban J connectivity index is 2.52. The van der Waals surface area contributed by atoms with Crippen molar-refractivity contribution in [3.05, 3.63) is 69.8 Å². The Kier molecular flexibility index (Phi) is 4.69. The molecular formula is C16H11NO8. The molecule has 9 nitrogen and oxygen atoms in total. The van der Waals surface area contributed by atoms with E-state index in [1.165, 1.54) is 6.07 Å². The maximum atomic E-state index is 11.1. The second-order valence-corrected chi connectivity index (χ2v) is 4.84. The highest BCUT2D eigenvalue weighted by molar-refractivity contribution is 5.90. The van der Waals surface area contributed by atoms with Crippen molar-refractivity contribution in [2.24, 2.45) is 0 Å². The van der Waals surface area contributed by atoms with Crippen molar-refractivity contribution in [2.75, 3.05) is 0 Å². The third-order valence-electron chi connectivity index (χ3n) is 3.12. The van der Waals surface area contributed by atoms with Crippen molar-refractivity contribution in [3.63, 3.8) is 0 Å². The van der Waals surface area contributed by atoms with E-state index in [0.29, 0.717) is 0 Å². The number of ether oxygens (including phenoxy) is 1. The highest BCUT2D eigenvalue weighted by Crippen LogP contribution is 2.33. The van der Waals surface area contributed by atoms with Crippen LogP contribution in [0.4, 0.5) is 5.69 Å². The zero-order valence-electron chi connectivity index (χ0n) is 12.5. The largest absolute Gasteiger partial charge is 0.508 e. The number of carboxylic acid groups (broad SMARTS) is 2. The molecule has 0 aliphatic rings. The number of nitrogens with zero attached hydrogens (tertiary/aromatic N) is 1. The fourth-order valence-corrected chi connectivity index (χ4v) is 1.95. The molecule has 25 heavy (non-hydrogen) atoms. The molecular weight excluding hydrogens is 334 g/mol. The number of benzene rings is 2. The van der Waals surface area contributed by atoms with E-state index in [1.54, 1.807) is 0 Å². The quantitative estimate of drug-likeness (QED) is 0.410. The molecule has 0 amide bonds. The molecule has 3 N–H and O–H groups in total. The second-order valence-electron chi connectivity index (χ2n) is 4.84. The van der Waals surface area contributed by atoms with Crippen LogP contribution in [0.3, 0.4) is 0 Å². The molecule has 0 aliphatic carbocycles. The average Bonchev–Trinajstić information content (AvgIpc) is 2.54. The van der Waals surface area contributed by atoms with Crippen molar-refractivity contribution in [1.29, 1.82) is 0 Å². The summed E-state index contributed by atoms with van der Waals surface area (Å²) in [6.07, 6.45) is 0. The van der Waals surface area contributed by atoms with Crippen LogP contribution in [0.1, 0.15) is 26.3 Å². The molecule has 2 aromatic rings. The zero-order chi connectivity index (χ0) is 18.7. The first-order valence-electron chi connectivity index (χ1n) is 6.65. The van der Waals surface area contributed by atoms with E-state index in [9.17, 15) is 24.8 Å². The maximum absolute atomic E-state index is 11.1. The molecule has 0 spiro atoms. The lowest BCUT2D eigenvalue weighted by molar-refractivity contribution is -0.385. The van der Waals surface area contributed by atoms with Gasteiger partial charge < -0.3 is 20.1 Å². The van der Waals surface area contributed by atoms with Gasteiger partial charge in [0.05, 0.1) is 16.1 Å². The van der Waals surface area contributed by atoms with Crippen molar-refractivity contribution in [1.82, 2.24) is 0 Å². The number of aliphatic hydroxyl groups is 1. The first kappa shape index (κ1) is 17.5. The van der Waals surface area contributed by atoms with E-state index in [0.717, 1.165) is 30.3 Å². The summed E-state index contributed by atoms with van der Waals surface area (Å²) < 4.78 is 5.34. The summed E-state index contributed by atoms with van der Waals surface area (Å²) in [6, 6.07) is 6.51. The number of aromatic carboxylic acids is 2. The molecule has 128 valence electrons. The lowest BCUT2D eigenvalue weighted by atomic mass is 10.1. The number of nitro benzene ring substituents is 1. The normalized spacial score (nSPS) is 10.1. The van der Waals surface area contributed by atoms with Gasteiger partial charge in [-0.25, -0.2) is 9.59 Å². The van der Waals surface area contributed by atoms with Crippen LogP contribution in [0.15, 0.2) is 43.0 Å². The van der Waals surface area contributed by atoms with Gasteiger partial charge in [-0.15, -0.1) is 0 Å². The Labute approximate surface area is 140 Å². The van der Waals surface area contributed by atoms with Crippen LogP contribution in [0.2, 0.25) is 0 Å². The van der Waals surface area contributed by atoms with Gasteiger partial charge in [-0.2, -0.15) is 0 Å². The van der Waals surface area contributed by atoms with Gasteiger partial charge in [-0.3, -0.25) is 10.1 Å². The summed E-state index contributed by atoms with van der Waals surface area (Å²) in [5, 5.41) is 38.5. The molecule has 0 bridgehead atoms. The van der Waals surface area contributed by atoms with Crippen LogP contribution in [0.5, 0.6) is 11.5 Å². The van der Waals surface area contributed by atoms with E-state index >= 15 is 0 Å². The van der Waals surface area contributed by atoms with Crippen molar-refractivity contribution in [3.8, 4) is 11.5 Å². The molecule has 0 aliphatic heterocycles. The molecule has 0 atom stereocenters. The van der Waals surface area contributed by atoms with E-state index in [4.69, 9.17) is 14.9 Å². The van der Waals surface area contributed by atoms with Crippen molar-refractivity contribution in [2.45, 2.75) is 0 Å². The summed E-state index contributed by atoms with van der Waals surface area (Å²) in [4.78, 5) is 32.4. The molecule has 0 radical (unpaired) electrons. The number of rotatable bonds is 6. The lowest BCUT2D eigenvalue weighted by Gasteiger charge is -2.10. The highest BCUT2D eigenvalue weighted by atomic mass is 16.6.